The number of halogens is 1. The van der Waals surface area contributed by atoms with Gasteiger partial charge < -0.3 is 5.32 Å². The van der Waals surface area contributed by atoms with E-state index in [-0.39, 0.29) is 11.3 Å². The Hall–Kier alpha value is -2.32. The van der Waals surface area contributed by atoms with Crippen molar-refractivity contribution in [2.75, 3.05) is 5.32 Å². The van der Waals surface area contributed by atoms with E-state index in [1.807, 2.05) is 0 Å². The number of nitrogens with one attached hydrogen (secondary N) is 1. The molecule has 1 amide bonds. The summed E-state index contributed by atoms with van der Waals surface area (Å²) >= 11 is 0. The summed E-state index contributed by atoms with van der Waals surface area (Å²) in [7, 11) is -4.05. The maximum atomic E-state index is 13.3. The summed E-state index contributed by atoms with van der Waals surface area (Å²) in [6.45, 7) is 0. The van der Waals surface area contributed by atoms with Crippen molar-refractivity contribution in [3.8, 4) is 0 Å². The summed E-state index contributed by atoms with van der Waals surface area (Å²) in [5, 5.41) is 7.29. The third-order valence-corrected chi connectivity index (χ3v) is 3.27. The highest BCUT2D eigenvalue weighted by molar-refractivity contribution is 7.89. The summed E-state index contributed by atoms with van der Waals surface area (Å²) in [5.74, 6) is -1.36. The van der Waals surface area contributed by atoms with E-state index in [1.165, 1.54) is 18.5 Å². The van der Waals surface area contributed by atoms with Crippen LogP contribution in [0.1, 0.15) is 10.4 Å². The number of pyridine rings is 1. The van der Waals surface area contributed by atoms with Crippen LogP contribution in [0.25, 0.3) is 0 Å². The summed E-state index contributed by atoms with van der Waals surface area (Å²) in [5.41, 5.74) is 0.247. The van der Waals surface area contributed by atoms with Gasteiger partial charge in [0.25, 0.3) is 5.91 Å². The van der Waals surface area contributed by atoms with Crippen LogP contribution >= 0.6 is 0 Å². The first-order chi connectivity index (χ1) is 9.36. The second-order valence-electron chi connectivity index (χ2n) is 3.92. The van der Waals surface area contributed by atoms with E-state index < -0.39 is 26.6 Å². The van der Waals surface area contributed by atoms with Crippen LogP contribution in [0, 0.1) is 5.82 Å². The second kappa shape index (κ2) is 5.35. The number of anilines is 1. The van der Waals surface area contributed by atoms with Crippen LogP contribution in [0.5, 0.6) is 0 Å². The van der Waals surface area contributed by atoms with Gasteiger partial charge in [-0.3, -0.25) is 9.78 Å². The van der Waals surface area contributed by atoms with E-state index in [0.717, 1.165) is 18.2 Å². The van der Waals surface area contributed by atoms with Crippen molar-refractivity contribution in [1.82, 2.24) is 4.98 Å². The van der Waals surface area contributed by atoms with Gasteiger partial charge in [-0.25, -0.2) is 17.9 Å². The van der Waals surface area contributed by atoms with E-state index in [1.54, 1.807) is 6.07 Å². The molecule has 0 saturated heterocycles. The zero-order valence-electron chi connectivity index (χ0n) is 10.1. The predicted octanol–water partition coefficient (Wildman–Crippen LogP) is 1.12. The molecule has 2 aromatic rings. The lowest BCUT2D eigenvalue weighted by Crippen LogP contribution is -2.15. The first-order valence-electron chi connectivity index (χ1n) is 5.41. The fourth-order valence-electron chi connectivity index (χ4n) is 1.50. The fourth-order valence-corrected chi connectivity index (χ4v) is 2.07. The molecule has 0 spiro atoms. The molecule has 0 unspecified atom stereocenters. The Bertz CT molecular complexity index is 748. The van der Waals surface area contributed by atoms with Gasteiger partial charge in [0.2, 0.25) is 10.0 Å². The number of rotatable bonds is 3. The van der Waals surface area contributed by atoms with E-state index >= 15 is 0 Å². The quantitative estimate of drug-likeness (QED) is 0.885. The number of nitrogens with two attached hydrogens (primary N) is 1. The van der Waals surface area contributed by atoms with Gasteiger partial charge in [-0.05, 0) is 30.3 Å². The van der Waals surface area contributed by atoms with Crippen LogP contribution in [-0.4, -0.2) is 19.3 Å². The minimum absolute atomic E-state index is 0.0112. The molecule has 0 aliphatic rings. The average Bonchev–Trinajstić information content (AvgIpc) is 2.38. The number of hydrogen-bond acceptors (Lipinski definition) is 4. The van der Waals surface area contributed by atoms with Crippen molar-refractivity contribution in [2.45, 2.75) is 4.90 Å². The van der Waals surface area contributed by atoms with Crippen LogP contribution in [0.4, 0.5) is 10.1 Å². The smallest absolute Gasteiger partial charge is 0.257 e. The number of aromatic nitrogens is 1. The van der Waals surface area contributed by atoms with Crippen molar-refractivity contribution in [1.29, 1.82) is 0 Å². The molecule has 0 fully saturated rings. The lowest BCUT2D eigenvalue weighted by molar-refractivity contribution is 0.102. The van der Waals surface area contributed by atoms with Crippen LogP contribution in [0.15, 0.2) is 47.6 Å². The molecule has 1 aromatic carbocycles. The SMILES string of the molecule is NS(=O)(=O)c1cc(F)cc(NC(=O)c2cccnc2)c1. The molecular formula is C12H10FN3O3S. The zero-order valence-corrected chi connectivity index (χ0v) is 10.9. The summed E-state index contributed by atoms with van der Waals surface area (Å²) < 4.78 is 35.7. The first kappa shape index (κ1) is 14.1. The van der Waals surface area contributed by atoms with Crippen LogP contribution in [0.3, 0.4) is 0 Å². The maximum absolute atomic E-state index is 13.3. The Balaban J connectivity index is 2.31. The normalized spacial score (nSPS) is 11.1. The average molecular weight is 295 g/mol. The van der Waals surface area contributed by atoms with Gasteiger partial charge in [-0.2, -0.15) is 0 Å². The number of nitrogens with zero attached hydrogens (tertiary/aromatic N) is 1. The van der Waals surface area contributed by atoms with Gasteiger partial charge in [-0.15, -0.1) is 0 Å². The molecule has 1 heterocycles. The van der Waals surface area contributed by atoms with E-state index in [0.29, 0.717) is 0 Å². The Morgan fingerprint density at radius 3 is 2.65 bits per heavy atom. The minimum Gasteiger partial charge on any atom is -0.322 e. The molecule has 0 aliphatic carbocycles. The molecule has 6 nitrogen and oxygen atoms in total. The van der Waals surface area contributed by atoms with Crippen molar-refractivity contribution in [3.63, 3.8) is 0 Å². The molecule has 104 valence electrons. The molecule has 20 heavy (non-hydrogen) atoms. The van der Waals surface area contributed by atoms with Gasteiger partial charge in [0.15, 0.2) is 0 Å². The molecular weight excluding hydrogens is 285 g/mol. The van der Waals surface area contributed by atoms with Gasteiger partial charge in [0, 0.05) is 18.1 Å². The second-order valence-corrected chi connectivity index (χ2v) is 5.48. The number of benzene rings is 1. The number of carbonyl (C=O) groups is 1. The summed E-state index contributed by atoms with van der Waals surface area (Å²) in [6.07, 6.45) is 2.83. The fraction of sp³-hybridized carbons (Fsp3) is 0. The standard InChI is InChI=1S/C12H10FN3O3S/c13-9-4-10(6-11(5-9)20(14,18)19)16-12(17)8-2-1-3-15-7-8/h1-7H,(H,16,17)(H2,14,18,19). The van der Waals surface area contributed by atoms with Crippen molar-refractivity contribution < 1.29 is 17.6 Å². The highest BCUT2D eigenvalue weighted by atomic mass is 32.2. The number of carbonyl (C=O) groups excluding carboxylic acids is 1. The Morgan fingerprint density at radius 1 is 1.30 bits per heavy atom. The third kappa shape index (κ3) is 3.37. The molecule has 0 bridgehead atoms. The maximum Gasteiger partial charge on any atom is 0.257 e. The largest absolute Gasteiger partial charge is 0.322 e. The molecule has 0 radical (unpaired) electrons. The molecule has 0 atom stereocenters. The van der Waals surface area contributed by atoms with Crippen molar-refractivity contribution in [3.05, 3.63) is 54.1 Å². The van der Waals surface area contributed by atoms with Crippen molar-refractivity contribution in [2.24, 2.45) is 5.14 Å². The number of amides is 1. The van der Waals surface area contributed by atoms with Gasteiger partial charge in [0.1, 0.15) is 5.82 Å². The molecule has 1 aromatic heterocycles. The third-order valence-electron chi connectivity index (χ3n) is 2.38. The van der Waals surface area contributed by atoms with E-state index in [2.05, 4.69) is 10.3 Å². The Morgan fingerprint density at radius 2 is 2.05 bits per heavy atom. The van der Waals surface area contributed by atoms with Crippen LogP contribution in [-0.2, 0) is 10.0 Å². The van der Waals surface area contributed by atoms with Crippen molar-refractivity contribution >= 4 is 21.6 Å². The lowest BCUT2D eigenvalue weighted by atomic mass is 10.2. The molecule has 8 heteroatoms. The molecule has 0 aliphatic heterocycles. The van der Waals surface area contributed by atoms with E-state index in [9.17, 15) is 17.6 Å². The topological polar surface area (TPSA) is 102 Å². The molecule has 0 saturated carbocycles. The van der Waals surface area contributed by atoms with Crippen LogP contribution < -0.4 is 10.5 Å². The van der Waals surface area contributed by atoms with Gasteiger partial charge >= 0.3 is 0 Å². The highest BCUT2D eigenvalue weighted by Gasteiger charge is 2.13. The summed E-state index contributed by atoms with van der Waals surface area (Å²) in [6, 6.07) is 5.92. The minimum atomic E-state index is -4.05. The predicted molar refractivity (Wildman–Crippen MR) is 70.0 cm³/mol. The number of primary sulfonamides is 1. The van der Waals surface area contributed by atoms with Crippen LogP contribution in [0.2, 0.25) is 0 Å². The first-order valence-corrected chi connectivity index (χ1v) is 6.96. The molecule has 2 rings (SSSR count). The highest BCUT2D eigenvalue weighted by Crippen LogP contribution is 2.17. The summed E-state index contributed by atoms with van der Waals surface area (Å²) in [4.78, 5) is 15.2. The Kier molecular flexibility index (Phi) is 3.77. The lowest BCUT2D eigenvalue weighted by Gasteiger charge is -2.07. The van der Waals surface area contributed by atoms with Gasteiger partial charge in [-0.1, -0.05) is 0 Å². The number of sulfonamides is 1. The Labute approximate surface area is 114 Å². The molecule has 3 N–H and O–H groups in total. The zero-order chi connectivity index (χ0) is 14.8. The number of hydrogen-bond donors (Lipinski definition) is 2. The van der Waals surface area contributed by atoms with Gasteiger partial charge in [0.05, 0.1) is 10.5 Å². The monoisotopic (exact) mass is 295 g/mol. The van der Waals surface area contributed by atoms with E-state index in [4.69, 9.17) is 5.14 Å².